The fraction of sp³-hybridized carbons (Fsp3) is 0.0800. The molecule has 0 amide bonds. The van der Waals surface area contributed by atoms with Crippen LogP contribution >= 0.6 is 11.3 Å². The second-order valence-electron chi connectivity index (χ2n) is 14.7. The number of hydrogen-bond donors (Lipinski definition) is 0. The number of fused-ring (bicyclic) bond motifs is 4. The monoisotopic (exact) mass is 685 g/mol. The highest BCUT2D eigenvalue weighted by atomic mass is 32.1. The summed E-state index contributed by atoms with van der Waals surface area (Å²) >= 11 is 1.87. The zero-order chi connectivity index (χ0) is 35.2. The van der Waals surface area contributed by atoms with Gasteiger partial charge in [-0.05, 0) is 110 Å². The molecule has 0 atom stereocenters. The average Bonchev–Trinajstić information content (AvgIpc) is 3.56. The zero-order valence-electron chi connectivity index (χ0n) is 29.7. The van der Waals surface area contributed by atoms with E-state index in [4.69, 9.17) is 0 Å². The topological polar surface area (TPSA) is 3.24 Å². The number of anilines is 3. The Labute approximate surface area is 310 Å². The summed E-state index contributed by atoms with van der Waals surface area (Å²) in [7, 11) is 0. The summed E-state index contributed by atoms with van der Waals surface area (Å²) in [4.78, 5) is 2.44. The zero-order valence-corrected chi connectivity index (χ0v) is 30.5. The predicted octanol–water partition coefficient (Wildman–Crippen LogP) is 15.0. The van der Waals surface area contributed by atoms with E-state index < -0.39 is 0 Å². The molecule has 0 spiro atoms. The van der Waals surface area contributed by atoms with Crippen molar-refractivity contribution >= 4 is 59.3 Å². The van der Waals surface area contributed by atoms with E-state index in [9.17, 15) is 0 Å². The van der Waals surface area contributed by atoms with Gasteiger partial charge in [-0.1, -0.05) is 148 Å². The third-order valence-electron chi connectivity index (χ3n) is 10.2. The quantitative estimate of drug-likeness (QED) is 0.168. The van der Waals surface area contributed by atoms with Crippen molar-refractivity contribution in [1.82, 2.24) is 0 Å². The molecule has 0 saturated heterocycles. The normalized spacial score (nSPS) is 11.8. The molecule has 0 aliphatic rings. The lowest BCUT2D eigenvalue weighted by atomic mass is 9.83. The second kappa shape index (κ2) is 13.0. The van der Waals surface area contributed by atoms with Gasteiger partial charge in [0.25, 0.3) is 0 Å². The molecule has 52 heavy (non-hydrogen) atoms. The Morgan fingerprint density at radius 1 is 0.385 bits per heavy atom. The van der Waals surface area contributed by atoms with E-state index in [1.165, 1.54) is 75.6 Å². The minimum Gasteiger partial charge on any atom is -0.310 e. The Morgan fingerprint density at radius 3 is 1.67 bits per heavy atom. The molecule has 0 radical (unpaired) electrons. The molecular weight excluding hydrogens is 647 g/mol. The fourth-order valence-electron chi connectivity index (χ4n) is 7.46. The smallest absolute Gasteiger partial charge is 0.0499 e. The molecule has 250 valence electrons. The highest BCUT2D eigenvalue weighted by Gasteiger charge is 2.25. The summed E-state index contributed by atoms with van der Waals surface area (Å²) in [5, 5.41) is 5.11. The van der Waals surface area contributed by atoms with Crippen molar-refractivity contribution in [3.05, 3.63) is 188 Å². The Morgan fingerprint density at radius 2 is 0.923 bits per heavy atom. The van der Waals surface area contributed by atoms with Gasteiger partial charge in [0.2, 0.25) is 0 Å². The lowest BCUT2D eigenvalue weighted by Crippen LogP contribution is -2.19. The number of nitrogens with zero attached hydrogens (tertiary/aromatic N) is 1. The summed E-state index contributed by atoms with van der Waals surface area (Å²) < 4.78 is 2.66. The summed E-state index contributed by atoms with van der Waals surface area (Å²) in [5.41, 5.74) is 12.0. The Bertz CT molecular complexity index is 2700. The van der Waals surface area contributed by atoms with Gasteiger partial charge in [-0.3, -0.25) is 0 Å². The summed E-state index contributed by atoms with van der Waals surface area (Å²) in [6.45, 7) is 6.95. The molecule has 0 unspecified atom stereocenters. The van der Waals surface area contributed by atoms with Crippen LogP contribution in [0.3, 0.4) is 0 Å². The largest absolute Gasteiger partial charge is 0.310 e. The molecule has 1 aromatic heterocycles. The van der Waals surface area contributed by atoms with Crippen LogP contribution in [0, 0.1) is 0 Å². The molecule has 0 saturated carbocycles. The molecule has 0 bridgehead atoms. The molecule has 9 rings (SSSR count). The van der Waals surface area contributed by atoms with Gasteiger partial charge in [0, 0.05) is 37.2 Å². The van der Waals surface area contributed by atoms with Gasteiger partial charge in [-0.25, -0.2) is 0 Å². The highest BCUT2D eigenvalue weighted by Crippen LogP contribution is 2.44. The van der Waals surface area contributed by atoms with Crippen molar-refractivity contribution in [2.24, 2.45) is 0 Å². The van der Waals surface area contributed by atoms with E-state index in [1.807, 2.05) is 11.3 Å². The van der Waals surface area contributed by atoms with E-state index in [0.717, 1.165) is 11.4 Å². The summed E-state index contributed by atoms with van der Waals surface area (Å²) in [6.07, 6.45) is 0. The molecule has 1 heterocycles. The third-order valence-corrected chi connectivity index (χ3v) is 11.3. The molecule has 9 aromatic rings. The van der Waals surface area contributed by atoms with Crippen LogP contribution in [0.2, 0.25) is 0 Å². The third kappa shape index (κ3) is 5.96. The second-order valence-corrected chi connectivity index (χ2v) is 15.7. The number of rotatable bonds is 6. The van der Waals surface area contributed by atoms with Crippen LogP contribution in [0.25, 0.3) is 64.3 Å². The van der Waals surface area contributed by atoms with Gasteiger partial charge in [0.15, 0.2) is 0 Å². The minimum absolute atomic E-state index is 0.0996. The van der Waals surface area contributed by atoms with Gasteiger partial charge in [0.05, 0.1) is 0 Å². The van der Waals surface area contributed by atoms with Crippen LogP contribution < -0.4 is 4.90 Å². The molecule has 2 heteroatoms. The highest BCUT2D eigenvalue weighted by molar-refractivity contribution is 7.25. The molecule has 0 fully saturated rings. The van der Waals surface area contributed by atoms with Gasteiger partial charge < -0.3 is 4.90 Å². The van der Waals surface area contributed by atoms with Gasteiger partial charge >= 0.3 is 0 Å². The molecule has 0 N–H and O–H groups in total. The first kappa shape index (κ1) is 32.0. The van der Waals surface area contributed by atoms with Crippen LogP contribution in [-0.2, 0) is 5.41 Å². The van der Waals surface area contributed by atoms with E-state index in [2.05, 4.69) is 208 Å². The first-order valence-electron chi connectivity index (χ1n) is 18.0. The predicted molar refractivity (Wildman–Crippen MR) is 227 cm³/mol. The van der Waals surface area contributed by atoms with E-state index in [1.54, 1.807) is 0 Å². The number of thiophene rings is 1. The van der Waals surface area contributed by atoms with E-state index in [0.29, 0.717) is 0 Å². The first-order valence-corrected chi connectivity index (χ1v) is 18.8. The van der Waals surface area contributed by atoms with Crippen LogP contribution in [0.5, 0.6) is 0 Å². The van der Waals surface area contributed by atoms with Crippen molar-refractivity contribution in [2.45, 2.75) is 26.2 Å². The molecule has 1 nitrogen and oxygen atoms in total. The fourth-order valence-corrected chi connectivity index (χ4v) is 8.61. The number of benzene rings is 8. The molecule has 8 aromatic carbocycles. The van der Waals surface area contributed by atoms with Crippen molar-refractivity contribution in [3.8, 4) is 33.4 Å². The maximum Gasteiger partial charge on any atom is 0.0499 e. The summed E-state index contributed by atoms with van der Waals surface area (Å²) in [5.74, 6) is 0. The van der Waals surface area contributed by atoms with Crippen molar-refractivity contribution in [3.63, 3.8) is 0 Å². The van der Waals surface area contributed by atoms with Crippen molar-refractivity contribution < 1.29 is 0 Å². The first-order chi connectivity index (χ1) is 25.4. The van der Waals surface area contributed by atoms with Gasteiger partial charge in [-0.15, -0.1) is 11.3 Å². The van der Waals surface area contributed by atoms with Crippen LogP contribution in [0.15, 0.2) is 182 Å². The van der Waals surface area contributed by atoms with Crippen molar-refractivity contribution in [2.75, 3.05) is 4.90 Å². The Hall–Kier alpha value is -5.96. The van der Waals surface area contributed by atoms with Gasteiger partial charge in [0.1, 0.15) is 0 Å². The SMILES string of the molecule is CC(C)(C)c1cc(-c2ccccc2)ccc1N(c1ccc(-c2ccccc2)cc1)c1ccc2ccc(-c3ccc4c(c3)sc3ccccc34)cc2c1. The van der Waals surface area contributed by atoms with Crippen LogP contribution in [0.4, 0.5) is 17.1 Å². The Kier molecular flexibility index (Phi) is 7.98. The maximum atomic E-state index is 2.44. The average molecular weight is 686 g/mol. The van der Waals surface area contributed by atoms with Gasteiger partial charge in [-0.2, -0.15) is 0 Å². The van der Waals surface area contributed by atoms with E-state index in [-0.39, 0.29) is 5.41 Å². The lowest BCUT2D eigenvalue weighted by molar-refractivity contribution is 0.591. The summed E-state index contributed by atoms with van der Waals surface area (Å²) in [6, 6.07) is 66.7. The van der Waals surface area contributed by atoms with Crippen LogP contribution in [0.1, 0.15) is 26.3 Å². The van der Waals surface area contributed by atoms with E-state index >= 15 is 0 Å². The minimum atomic E-state index is -0.0996. The molecule has 0 aliphatic heterocycles. The lowest BCUT2D eigenvalue weighted by Gasteiger charge is -2.33. The van der Waals surface area contributed by atoms with Crippen LogP contribution in [-0.4, -0.2) is 0 Å². The Balaban J connectivity index is 1.19. The standard InChI is InChI=1S/C50H39NS/c1-50(2,3)46-32-39(35-14-8-5-9-15-35)24-29-47(46)51(42-25-20-36(21-26-42)34-12-6-4-7-13-34)43-27-22-37-18-19-38(30-41(37)31-43)40-23-28-45-44-16-10-11-17-48(44)52-49(45)33-40/h4-33H,1-3H3. The maximum absolute atomic E-state index is 2.44. The van der Waals surface area contributed by atoms with Crippen molar-refractivity contribution in [1.29, 1.82) is 0 Å². The number of hydrogen-bond acceptors (Lipinski definition) is 2. The molecule has 0 aliphatic carbocycles. The molecular formula is C50H39NS.